The molecule has 0 spiro atoms. The Bertz CT molecular complexity index is 350. The number of rotatable bonds is 2. The average Bonchev–Trinajstić information content (AvgIpc) is 2.75. The maximum absolute atomic E-state index is 5.64. The normalized spacial score (nSPS) is 10.4. The second-order valence-electron chi connectivity index (χ2n) is 2.45. The van der Waals surface area contributed by atoms with Crippen molar-refractivity contribution in [2.24, 2.45) is 0 Å². The van der Waals surface area contributed by atoms with Crippen LogP contribution in [0, 0.1) is 0 Å². The van der Waals surface area contributed by atoms with E-state index in [1.165, 1.54) is 0 Å². The van der Waals surface area contributed by atoms with Crippen LogP contribution in [0.4, 0.5) is 0 Å². The van der Waals surface area contributed by atoms with Gasteiger partial charge < -0.3 is 4.98 Å². The maximum Gasteiger partial charge on any atom is 0.131 e. The van der Waals surface area contributed by atoms with Gasteiger partial charge in [-0.2, -0.15) is 5.10 Å². The fourth-order valence-corrected chi connectivity index (χ4v) is 1.21. The lowest BCUT2D eigenvalue weighted by molar-refractivity contribution is 0.850. The first-order valence-electron chi connectivity index (χ1n) is 3.64. The third-order valence-corrected chi connectivity index (χ3v) is 1.91. The molecule has 2 aromatic heterocycles. The molecular weight excluding hydrogens is 174 g/mol. The molecule has 0 atom stereocenters. The molecule has 2 rings (SSSR count). The lowest BCUT2D eigenvalue weighted by atomic mass is 10.5. The average molecular weight is 182 g/mol. The molecule has 0 bridgehead atoms. The first kappa shape index (κ1) is 7.43. The quantitative estimate of drug-likeness (QED) is 0.706. The number of alkyl halides is 1. The van der Waals surface area contributed by atoms with E-state index in [2.05, 4.69) is 10.1 Å². The molecular formula is C8H8ClN3. The summed E-state index contributed by atoms with van der Waals surface area (Å²) in [5, 5.41) is 4.08. The van der Waals surface area contributed by atoms with Crippen molar-refractivity contribution >= 4 is 11.6 Å². The van der Waals surface area contributed by atoms with Gasteiger partial charge in [0.2, 0.25) is 0 Å². The summed E-state index contributed by atoms with van der Waals surface area (Å²) in [5.74, 6) is 1.44. The van der Waals surface area contributed by atoms with E-state index in [9.17, 15) is 0 Å². The maximum atomic E-state index is 5.64. The standard InChI is InChI=1S/C8H8ClN3/c9-6-7-2-3-8(11-7)12-5-1-4-10-12/h1-5,11H,6H2. The minimum absolute atomic E-state index is 0.501. The highest BCUT2D eigenvalue weighted by Crippen LogP contribution is 2.07. The zero-order valence-corrected chi connectivity index (χ0v) is 7.12. The third kappa shape index (κ3) is 1.23. The number of halogens is 1. The second-order valence-corrected chi connectivity index (χ2v) is 2.72. The van der Waals surface area contributed by atoms with E-state index in [-0.39, 0.29) is 0 Å². The molecule has 0 aromatic carbocycles. The van der Waals surface area contributed by atoms with Crippen LogP contribution in [0.5, 0.6) is 0 Å². The van der Waals surface area contributed by atoms with E-state index < -0.39 is 0 Å². The van der Waals surface area contributed by atoms with E-state index in [0.717, 1.165) is 11.5 Å². The Morgan fingerprint density at radius 3 is 3.00 bits per heavy atom. The Morgan fingerprint density at radius 1 is 1.50 bits per heavy atom. The Kier molecular flexibility index (Phi) is 1.87. The predicted molar refractivity (Wildman–Crippen MR) is 47.5 cm³/mol. The van der Waals surface area contributed by atoms with Crippen LogP contribution in [0.1, 0.15) is 5.69 Å². The van der Waals surface area contributed by atoms with E-state index in [0.29, 0.717) is 5.88 Å². The van der Waals surface area contributed by atoms with Gasteiger partial charge in [0.25, 0.3) is 0 Å². The van der Waals surface area contributed by atoms with E-state index in [1.807, 2.05) is 24.4 Å². The van der Waals surface area contributed by atoms with Gasteiger partial charge in [0.05, 0.1) is 5.88 Å². The van der Waals surface area contributed by atoms with Crippen LogP contribution in [0.25, 0.3) is 5.82 Å². The number of H-pyrrole nitrogens is 1. The molecule has 0 saturated carbocycles. The van der Waals surface area contributed by atoms with Crippen molar-refractivity contribution in [2.45, 2.75) is 5.88 Å². The molecule has 0 aliphatic heterocycles. The molecule has 0 saturated heterocycles. The number of aromatic nitrogens is 3. The summed E-state index contributed by atoms with van der Waals surface area (Å²) in [6.45, 7) is 0. The number of aromatic amines is 1. The van der Waals surface area contributed by atoms with E-state index in [1.54, 1.807) is 10.9 Å². The largest absolute Gasteiger partial charge is 0.343 e. The lowest BCUT2D eigenvalue weighted by Crippen LogP contribution is -1.93. The molecule has 1 N–H and O–H groups in total. The van der Waals surface area contributed by atoms with Crippen LogP contribution in [-0.4, -0.2) is 14.8 Å². The summed E-state index contributed by atoms with van der Waals surface area (Å²) < 4.78 is 1.76. The lowest BCUT2D eigenvalue weighted by Gasteiger charge is -1.94. The smallest absolute Gasteiger partial charge is 0.131 e. The van der Waals surface area contributed by atoms with Gasteiger partial charge in [-0.25, -0.2) is 4.68 Å². The van der Waals surface area contributed by atoms with Gasteiger partial charge in [-0.15, -0.1) is 11.6 Å². The van der Waals surface area contributed by atoms with Crippen molar-refractivity contribution in [1.29, 1.82) is 0 Å². The Labute approximate surface area is 75.0 Å². The second kappa shape index (κ2) is 3.03. The highest BCUT2D eigenvalue weighted by Gasteiger charge is 1.98. The monoisotopic (exact) mass is 181 g/mol. The zero-order chi connectivity index (χ0) is 8.39. The molecule has 0 aliphatic carbocycles. The third-order valence-electron chi connectivity index (χ3n) is 1.63. The minimum Gasteiger partial charge on any atom is -0.343 e. The van der Waals surface area contributed by atoms with Crippen molar-refractivity contribution < 1.29 is 0 Å². The van der Waals surface area contributed by atoms with E-state index in [4.69, 9.17) is 11.6 Å². The summed E-state index contributed by atoms with van der Waals surface area (Å²) in [4.78, 5) is 3.13. The molecule has 0 amide bonds. The SMILES string of the molecule is ClCc1ccc(-n2cccn2)[nH]1. The molecule has 0 unspecified atom stereocenters. The molecule has 0 radical (unpaired) electrons. The van der Waals surface area contributed by atoms with Crippen molar-refractivity contribution in [1.82, 2.24) is 14.8 Å². The fraction of sp³-hybridized carbons (Fsp3) is 0.125. The van der Waals surface area contributed by atoms with Crippen molar-refractivity contribution in [3.63, 3.8) is 0 Å². The number of nitrogens with zero attached hydrogens (tertiary/aromatic N) is 2. The summed E-state index contributed by atoms with van der Waals surface area (Å²) in [5.41, 5.74) is 1.00. The van der Waals surface area contributed by atoms with Gasteiger partial charge in [0.1, 0.15) is 5.82 Å². The van der Waals surface area contributed by atoms with Gasteiger partial charge in [-0.3, -0.25) is 0 Å². The van der Waals surface area contributed by atoms with E-state index >= 15 is 0 Å². The summed E-state index contributed by atoms with van der Waals surface area (Å²) in [6.07, 6.45) is 3.62. The van der Waals surface area contributed by atoms with Crippen LogP contribution in [0.15, 0.2) is 30.6 Å². The van der Waals surface area contributed by atoms with Gasteiger partial charge in [0.15, 0.2) is 0 Å². The highest BCUT2D eigenvalue weighted by molar-refractivity contribution is 6.16. The van der Waals surface area contributed by atoms with Crippen molar-refractivity contribution in [3.05, 3.63) is 36.3 Å². The van der Waals surface area contributed by atoms with Crippen LogP contribution in [0.3, 0.4) is 0 Å². The molecule has 0 aliphatic rings. The minimum atomic E-state index is 0.501. The Hall–Kier alpha value is -1.22. The van der Waals surface area contributed by atoms with Crippen molar-refractivity contribution in [2.75, 3.05) is 0 Å². The zero-order valence-electron chi connectivity index (χ0n) is 6.37. The van der Waals surface area contributed by atoms with Crippen LogP contribution < -0.4 is 0 Å². The predicted octanol–water partition coefficient (Wildman–Crippen LogP) is 1.94. The number of hydrogen-bond acceptors (Lipinski definition) is 1. The summed E-state index contributed by atoms with van der Waals surface area (Å²) >= 11 is 5.64. The first-order valence-corrected chi connectivity index (χ1v) is 4.17. The fourth-order valence-electron chi connectivity index (χ4n) is 1.05. The van der Waals surface area contributed by atoms with Crippen LogP contribution in [-0.2, 0) is 5.88 Å². The molecule has 3 nitrogen and oxygen atoms in total. The van der Waals surface area contributed by atoms with Gasteiger partial charge in [-0.05, 0) is 18.2 Å². The molecule has 2 aromatic rings. The molecule has 0 fully saturated rings. The Balaban J connectivity index is 2.35. The van der Waals surface area contributed by atoms with Crippen LogP contribution >= 0.6 is 11.6 Å². The summed E-state index contributed by atoms with van der Waals surface area (Å²) in [7, 11) is 0. The van der Waals surface area contributed by atoms with Crippen LogP contribution in [0.2, 0.25) is 0 Å². The Morgan fingerprint density at radius 2 is 2.42 bits per heavy atom. The van der Waals surface area contributed by atoms with Gasteiger partial charge >= 0.3 is 0 Å². The first-order chi connectivity index (χ1) is 5.90. The number of nitrogens with one attached hydrogen (secondary N) is 1. The topological polar surface area (TPSA) is 33.6 Å². The highest BCUT2D eigenvalue weighted by atomic mass is 35.5. The summed E-state index contributed by atoms with van der Waals surface area (Å²) in [6, 6.07) is 5.77. The number of hydrogen-bond donors (Lipinski definition) is 1. The molecule has 62 valence electrons. The molecule has 12 heavy (non-hydrogen) atoms. The van der Waals surface area contributed by atoms with Gasteiger partial charge in [-0.1, -0.05) is 0 Å². The van der Waals surface area contributed by atoms with Gasteiger partial charge in [0, 0.05) is 18.1 Å². The molecule has 2 heterocycles. The molecule has 4 heteroatoms. The van der Waals surface area contributed by atoms with Crippen molar-refractivity contribution in [3.8, 4) is 5.82 Å².